The van der Waals surface area contributed by atoms with Crippen LogP contribution in [0.5, 0.6) is 0 Å². The van der Waals surface area contributed by atoms with E-state index in [2.05, 4.69) is 15.8 Å². The second-order valence-corrected chi connectivity index (χ2v) is 4.94. The SMILES string of the molecule is Cc1ccc(NC(=S)N/N=C\c2ccsc2)cc1. The summed E-state index contributed by atoms with van der Waals surface area (Å²) < 4.78 is 0. The molecule has 0 aliphatic heterocycles. The van der Waals surface area contributed by atoms with Gasteiger partial charge in [0, 0.05) is 11.3 Å². The molecule has 2 N–H and O–H groups in total. The van der Waals surface area contributed by atoms with Gasteiger partial charge in [-0.05, 0) is 48.1 Å². The van der Waals surface area contributed by atoms with Crippen molar-refractivity contribution < 1.29 is 0 Å². The van der Waals surface area contributed by atoms with Gasteiger partial charge in [0.1, 0.15) is 0 Å². The average Bonchev–Trinajstić information content (AvgIpc) is 2.85. The van der Waals surface area contributed by atoms with Crippen molar-refractivity contribution in [2.24, 2.45) is 5.10 Å². The van der Waals surface area contributed by atoms with Crippen molar-refractivity contribution in [1.82, 2.24) is 5.43 Å². The molecule has 2 rings (SSSR count). The van der Waals surface area contributed by atoms with E-state index in [0.29, 0.717) is 5.11 Å². The fourth-order valence-electron chi connectivity index (χ4n) is 1.31. The number of benzene rings is 1. The van der Waals surface area contributed by atoms with Gasteiger partial charge in [-0.25, -0.2) is 0 Å². The number of thiophene rings is 1. The summed E-state index contributed by atoms with van der Waals surface area (Å²) in [5.41, 5.74) is 6.00. The maximum absolute atomic E-state index is 5.13. The highest BCUT2D eigenvalue weighted by Crippen LogP contribution is 2.08. The highest BCUT2D eigenvalue weighted by Gasteiger charge is 1.95. The molecule has 2 aromatic rings. The van der Waals surface area contributed by atoms with Crippen LogP contribution >= 0.6 is 23.6 Å². The zero-order chi connectivity index (χ0) is 12.8. The minimum absolute atomic E-state index is 0.477. The predicted octanol–water partition coefficient (Wildman–Crippen LogP) is 3.38. The molecule has 0 aliphatic rings. The highest BCUT2D eigenvalue weighted by atomic mass is 32.1. The first-order valence-electron chi connectivity index (χ1n) is 5.43. The molecule has 0 amide bonds. The predicted molar refractivity (Wildman–Crippen MR) is 82.4 cm³/mol. The summed E-state index contributed by atoms with van der Waals surface area (Å²) in [6.07, 6.45) is 1.74. The van der Waals surface area contributed by atoms with Crippen LogP contribution in [-0.2, 0) is 0 Å². The molecule has 0 saturated carbocycles. The van der Waals surface area contributed by atoms with Crippen LogP contribution in [-0.4, -0.2) is 11.3 Å². The summed E-state index contributed by atoms with van der Waals surface area (Å²) in [6, 6.07) is 10.0. The van der Waals surface area contributed by atoms with Gasteiger partial charge < -0.3 is 5.32 Å². The van der Waals surface area contributed by atoms with E-state index in [9.17, 15) is 0 Å². The van der Waals surface area contributed by atoms with Gasteiger partial charge in [0.05, 0.1) is 6.21 Å². The molecule has 92 valence electrons. The van der Waals surface area contributed by atoms with E-state index in [1.807, 2.05) is 48.0 Å². The van der Waals surface area contributed by atoms with E-state index >= 15 is 0 Å². The van der Waals surface area contributed by atoms with Gasteiger partial charge in [0.2, 0.25) is 0 Å². The van der Waals surface area contributed by atoms with Gasteiger partial charge in [-0.15, -0.1) is 0 Å². The van der Waals surface area contributed by atoms with Gasteiger partial charge in [0.25, 0.3) is 0 Å². The summed E-state index contributed by atoms with van der Waals surface area (Å²) in [5, 5.41) is 11.6. The summed E-state index contributed by atoms with van der Waals surface area (Å²) in [4.78, 5) is 0. The molecular weight excluding hydrogens is 262 g/mol. The molecule has 0 aliphatic carbocycles. The van der Waals surface area contributed by atoms with Gasteiger partial charge >= 0.3 is 0 Å². The van der Waals surface area contributed by atoms with Crippen molar-refractivity contribution in [2.45, 2.75) is 6.92 Å². The topological polar surface area (TPSA) is 36.4 Å². The molecule has 0 spiro atoms. The number of hydrogen-bond acceptors (Lipinski definition) is 3. The van der Waals surface area contributed by atoms with Crippen LogP contribution in [0.4, 0.5) is 5.69 Å². The average molecular weight is 275 g/mol. The van der Waals surface area contributed by atoms with Crippen LogP contribution in [0.25, 0.3) is 0 Å². The zero-order valence-corrected chi connectivity index (χ0v) is 11.5. The van der Waals surface area contributed by atoms with Gasteiger partial charge in [-0.3, -0.25) is 5.43 Å². The Labute approximate surface area is 116 Å². The lowest BCUT2D eigenvalue weighted by Gasteiger charge is -2.06. The molecular formula is C13H13N3S2. The van der Waals surface area contributed by atoms with E-state index in [4.69, 9.17) is 12.2 Å². The number of anilines is 1. The third-order valence-electron chi connectivity index (χ3n) is 2.23. The Morgan fingerprint density at radius 2 is 2.06 bits per heavy atom. The Kier molecular flexibility index (Phi) is 4.44. The minimum atomic E-state index is 0.477. The molecule has 0 atom stereocenters. The smallest absolute Gasteiger partial charge is 0.191 e. The molecule has 5 heteroatoms. The Morgan fingerprint density at radius 1 is 1.28 bits per heavy atom. The second-order valence-electron chi connectivity index (χ2n) is 3.75. The third kappa shape index (κ3) is 3.94. The first-order chi connectivity index (χ1) is 8.74. The number of hydrogen-bond donors (Lipinski definition) is 2. The fraction of sp³-hybridized carbons (Fsp3) is 0.0769. The standard InChI is InChI=1S/C13H13N3S2/c1-10-2-4-12(5-3-10)15-13(17)16-14-8-11-6-7-18-9-11/h2-9H,1H3,(H2,15,16,17)/b14-8-. The van der Waals surface area contributed by atoms with E-state index in [0.717, 1.165) is 11.3 Å². The molecule has 0 fully saturated rings. The zero-order valence-electron chi connectivity index (χ0n) is 9.88. The molecule has 0 bridgehead atoms. The number of rotatable bonds is 3. The van der Waals surface area contributed by atoms with Crippen LogP contribution in [0, 0.1) is 6.92 Å². The van der Waals surface area contributed by atoms with E-state index in [-0.39, 0.29) is 0 Å². The van der Waals surface area contributed by atoms with Crippen LogP contribution in [0.1, 0.15) is 11.1 Å². The van der Waals surface area contributed by atoms with Gasteiger partial charge in [-0.1, -0.05) is 17.7 Å². The first-order valence-corrected chi connectivity index (χ1v) is 6.78. The van der Waals surface area contributed by atoms with Crippen LogP contribution in [0.2, 0.25) is 0 Å². The Hall–Kier alpha value is -1.72. The lowest BCUT2D eigenvalue weighted by Crippen LogP contribution is -2.23. The number of nitrogens with one attached hydrogen (secondary N) is 2. The molecule has 0 saturated heterocycles. The van der Waals surface area contributed by atoms with Crippen molar-refractivity contribution >= 4 is 40.6 Å². The Bertz CT molecular complexity index is 530. The third-order valence-corrected chi connectivity index (χ3v) is 3.13. The fourth-order valence-corrected chi connectivity index (χ4v) is 2.09. The number of aryl methyl sites for hydroxylation is 1. The molecule has 1 aromatic carbocycles. The van der Waals surface area contributed by atoms with Crippen LogP contribution in [0.15, 0.2) is 46.2 Å². The molecule has 1 heterocycles. The Balaban J connectivity index is 1.84. The number of thiocarbonyl (C=S) groups is 1. The molecule has 18 heavy (non-hydrogen) atoms. The summed E-state index contributed by atoms with van der Waals surface area (Å²) in [5.74, 6) is 0. The maximum Gasteiger partial charge on any atom is 0.191 e. The molecule has 1 aromatic heterocycles. The number of nitrogens with zero attached hydrogens (tertiary/aromatic N) is 1. The van der Waals surface area contributed by atoms with Crippen molar-refractivity contribution in [1.29, 1.82) is 0 Å². The molecule has 0 unspecified atom stereocenters. The second kappa shape index (κ2) is 6.28. The van der Waals surface area contributed by atoms with Gasteiger partial charge in [0.15, 0.2) is 5.11 Å². The summed E-state index contributed by atoms with van der Waals surface area (Å²) >= 11 is 6.77. The highest BCUT2D eigenvalue weighted by molar-refractivity contribution is 7.80. The van der Waals surface area contributed by atoms with Crippen molar-refractivity contribution in [3.63, 3.8) is 0 Å². The quantitative estimate of drug-likeness (QED) is 0.512. The Morgan fingerprint density at radius 3 is 2.72 bits per heavy atom. The lowest BCUT2D eigenvalue weighted by molar-refractivity contribution is 1.05. The maximum atomic E-state index is 5.13. The van der Waals surface area contributed by atoms with Crippen molar-refractivity contribution in [3.8, 4) is 0 Å². The minimum Gasteiger partial charge on any atom is -0.331 e. The summed E-state index contributed by atoms with van der Waals surface area (Å²) in [7, 11) is 0. The van der Waals surface area contributed by atoms with E-state index in [1.54, 1.807) is 17.6 Å². The summed E-state index contributed by atoms with van der Waals surface area (Å²) in [6.45, 7) is 2.05. The first kappa shape index (κ1) is 12.7. The van der Waals surface area contributed by atoms with Crippen molar-refractivity contribution in [2.75, 3.05) is 5.32 Å². The molecule has 0 radical (unpaired) electrons. The van der Waals surface area contributed by atoms with Crippen LogP contribution in [0.3, 0.4) is 0 Å². The monoisotopic (exact) mass is 275 g/mol. The van der Waals surface area contributed by atoms with E-state index < -0.39 is 0 Å². The molecule has 3 nitrogen and oxygen atoms in total. The van der Waals surface area contributed by atoms with Crippen LogP contribution < -0.4 is 10.7 Å². The normalized spacial score (nSPS) is 10.5. The number of hydrazone groups is 1. The van der Waals surface area contributed by atoms with E-state index in [1.165, 1.54) is 5.56 Å². The lowest BCUT2D eigenvalue weighted by atomic mass is 10.2. The largest absolute Gasteiger partial charge is 0.331 e. The van der Waals surface area contributed by atoms with Crippen molar-refractivity contribution in [3.05, 3.63) is 52.2 Å². The van der Waals surface area contributed by atoms with Gasteiger partial charge in [-0.2, -0.15) is 16.4 Å².